The molecular formula is C33H61N4O19P. The van der Waals surface area contributed by atoms with Crippen molar-refractivity contribution in [2.24, 2.45) is 0 Å². The van der Waals surface area contributed by atoms with E-state index in [1.165, 1.54) is 13.8 Å². The fraction of sp³-hybridized carbons (Fsp3) is 0.879. The topological polar surface area (TPSA) is 351 Å². The number of phosphoric acid groups is 1. The van der Waals surface area contributed by atoms with Crippen molar-refractivity contribution in [3.63, 3.8) is 0 Å². The van der Waals surface area contributed by atoms with Crippen LogP contribution in [0.3, 0.4) is 0 Å². The summed E-state index contributed by atoms with van der Waals surface area (Å²) >= 11 is 0. The number of ether oxygens (including phenoxy) is 4. The second kappa shape index (κ2) is 25.9. The molecule has 57 heavy (non-hydrogen) atoms. The number of nitrogens with one attached hydrogen (secondary N) is 4. The lowest BCUT2D eigenvalue weighted by Crippen LogP contribution is -2.64. The summed E-state index contributed by atoms with van der Waals surface area (Å²) < 4.78 is 44.7. The third-order valence-electron chi connectivity index (χ3n) is 8.89. The Hall–Kier alpha value is -2.45. The number of hydrogen-bond donors (Lipinski definition) is 12. The summed E-state index contributed by atoms with van der Waals surface area (Å²) in [6.45, 7) is 1.91. The van der Waals surface area contributed by atoms with Gasteiger partial charge in [-0.25, -0.2) is 4.57 Å². The first-order chi connectivity index (χ1) is 26.9. The van der Waals surface area contributed by atoms with Gasteiger partial charge in [-0.05, 0) is 32.1 Å². The highest BCUT2D eigenvalue weighted by Crippen LogP contribution is 2.45. The van der Waals surface area contributed by atoms with Gasteiger partial charge in [-0.15, -0.1) is 0 Å². The molecule has 9 unspecified atom stereocenters. The first-order valence-corrected chi connectivity index (χ1v) is 20.3. The zero-order valence-electron chi connectivity index (χ0n) is 32.3. The molecule has 0 aromatic rings. The van der Waals surface area contributed by atoms with Gasteiger partial charge in [0.05, 0.1) is 32.0 Å². The van der Waals surface area contributed by atoms with Crippen LogP contribution in [0.2, 0.25) is 0 Å². The van der Waals surface area contributed by atoms with Crippen LogP contribution in [0.4, 0.5) is 0 Å². The van der Waals surface area contributed by atoms with E-state index in [4.69, 9.17) is 28.0 Å². The Labute approximate surface area is 330 Å². The van der Waals surface area contributed by atoms with Gasteiger partial charge in [0, 0.05) is 53.0 Å². The van der Waals surface area contributed by atoms with Crippen LogP contribution in [-0.2, 0) is 51.7 Å². The van der Waals surface area contributed by atoms with E-state index in [9.17, 15) is 64.4 Å². The van der Waals surface area contributed by atoms with Gasteiger partial charge in [-0.3, -0.25) is 28.2 Å². The average molecular weight is 849 g/mol. The van der Waals surface area contributed by atoms with Crippen molar-refractivity contribution in [3.05, 3.63) is 0 Å². The van der Waals surface area contributed by atoms with Crippen LogP contribution in [0.25, 0.3) is 0 Å². The first-order valence-electron chi connectivity index (χ1n) is 18.8. The fourth-order valence-electron chi connectivity index (χ4n) is 5.75. The van der Waals surface area contributed by atoms with Crippen LogP contribution in [0.15, 0.2) is 0 Å². The Balaban J connectivity index is 1.62. The van der Waals surface area contributed by atoms with Crippen molar-refractivity contribution in [3.8, 4) is 0 Å². The predicted molar refractivity (Wildman–Crippen MR) is 193 cm³/mol. The molecule has 2 fully saturated rings. The minimum Gasteiger partial charge on any atom is -0.394 e. The minimum absolute atomic E-state index is 0.0236. The van der Waals surface area contributed by atoms with Crippen LogP contribution < -0.4 is 21.3 Å². The second-order valence-electron chi connectivity index (χ2n) is 13.7. The highest BCUT2D eigenvalue weighted by atomic mass is 31.2. The lowest BCUT2D eigenvalue weighted by atomic mass is 9.97. The Morgan fingerprint density at radius 2 is 1.16 bits per heavy atom. The number of amides is 4. The Kier molecular flexibility index (Phi) is 23.0. The summed E-state index contributed by atoms with van der Waals surface area (Å²) in [5.74, 6) is -1.82. The van der Waals surface area contributed by atoms with E-state index in [1.54, 1.807) is 6.92 Å². The molecule has 2 aliphatic rings. The number of carbonyl (C=O) groups is 4. The Morgan fingerprint density at radius 1 is 0.719 bits per heavy atom. The lowest BCUT2D eigenvalue weighted by Gasteiger charge is -2.42. The van der Waals surface area contributed by atoms with Gasteiger partial charge < -0.3 is 80.9 Å². The third kappa shape index (κ3) is 18.1. The third-order valence-corrected chi connectivity index (χ3v) is 9.93. The van der Waals surface area contributed by atoms with Crippen LogP contribution in [-0.4, -0.2) is 184 Å². The van der Waals surface area contributed by atoms with Crippen LogP contribution >= 0.6 is 7.82 Å². The summed E-state index contributed by atoms with van der Waals surface area (Å²) in [5, 5.41) is 79.7. The molecule has 0 aliphatic carbocycles. The van der Waals surface area contributed by atoms with Crippen LogP contribution in [0.1, 0.15) is 65.7 Å². The molecule has 12 N–H and O–H groups in total. The monoisotopic (exact) mass is 848 g/mol. The van der Waals surface area contributed by atoms with Gasteiger partial charge in [0.2, 0.25) is 23.6 Å². The molecule has 23 nitrogen and oxygen atoms in total. The van der Waals surface area contributed by atoms with Gasteiger partial charge in [-0.1, -0.05) is 6.92 Å². The molecule has 2 heterocycles. The van der Waals surface area contributed by atoms with Crippen molar-refractivity contribution in [2.45, 2.75) is 139 Å². The lowest BCUT2D eigenvalue weighted by molar-refractivity contribution is -0.270. The van der Waals surface area contributed by atoms with Crippen molar-refractivity contribution in [1.82, 2.24) is 21.3 Å². The number of unbranched alkanes of at least 4 members (excludes halogenated alkanes) is 2. The normalized spacial score (nSPS) is 29.7. The quantitative estimate of drug-likeness (QED) is 0.0290. The number of carbonyl (C=O) groups excluding carboxylic acids is 4. The predicted octanol–water partition coefficient (Wildman–Crippen LogP) is -4.25. The first kappa shape index (κ1) is 50.7. The van der Waals surface area contributed by atoms with Crippen molar-refractivity contribution in [1.29, 1.82) is 0 Å². The smallest absolute Gasteiger partial charge is 0.394 e. The molecule has 24 heteroatoms. The molecule has 0 aromatic heterocycles. The summed E-state index contributed by atoms with van der Waals surface area (Å²) in [5.41, 5.74) is 0. The summed E-state index contributed by atoms with van der Waals surface area (Å²) in [6.07, 6.45) is -11.0. The van der Waals surface area contributed by atoms with Gasteiger partial charge in [0.1, 0.15) is 48.7 Å². The molecule has 0 saturated carbocycles. The molecule has 13 atom stereocenters. The molecular weight excluding hydrogens is 787 g/mol. The van der Waals surface area contributed by atoms with Gasteiger partial charge in [0.15, 0.2) is 12.6 Å². The Morgan fingerprint density at radius 3 is 1.56 bits per heavy atom. The van der Waals surface area contributed by atoms with Crippen molar-refractivity contribution < 1.29 is 92.4 Å². The molecule has 0 bridgehead atoms. The highest BCUT2D eigenvalue weighted by molar-refractivity contribution is 7.47. The highest BCUT2D eigenvalue weighted by Gasteiger charge is 2.46. The number of rotatable bonds is 26. The van der Waals surface area contributed by atoms with E-state index in [2.05, 4.69) is 21.3 Å². The summed E-state index contributed by atoms with van der Waals surface area (Å²) in [6, 6.07) is -2.18. The van der Waals surface area contributed by atoms with E-state index >= 15 is 0 Å². The Bertz CT molecular complexity index is 1290. The molecule has 2 saturated heterocycles. The summed E-state index contributed by atoms with van der Waals surface area (Å²) in [7, 11) is -4.68. The standard InChI is InChI=1S/C33H61N4O19P/c1-4-21(14-35-25(44)10-6-8-12-52-33-27(37-19(3)41)31(48)29(46)23(16-39)55-33)56-57(49,50)53-17-20(42)13-34-24(43)9-5-7-11-51-32-26(36-18(2)40)30(47)28(45)22(15-38)54-32/h20-23,26-33,38-39,42,45-48H,4-17H2,1-3H3,(H,34,43)(H,35,44)(H,36,40)(H,37,41)(H,49,50)/t20?,21?,22?,23?,26?,27?,28-,29-,30?,31?,32+,33+/m0/s1. The van der Waals surface area contributed by atoms with Gasteiger partial charge >= 0.3 is 7.82 Å². The maximum atomic E-state index is 12.5. The fourth-order valence-corrected chi connectivity index (χ4v) is 6.77. The largest absolute Gasteiger partial charge is 0.472 e. The van der Waals surface area contributed by atoms with E-state index < -0.39 is 119 Å². The SMILES string of the molecule is CCC(CNC(=O)CCCCO[C@@H]1OC(CO)[C@H](O)C(O)C1NC(C)=O)OP(=O)(O)OCC(O)CNC(=O)CCCCO[C@@H]1OC(CO)[C@H](O)C(O)C1NC(C)=O. The van der Waals surface area contributed by atoms with Crippen molar-refractivity contribution in [2.75, 3.05) is 46.1 Å². The molecule has 0 aromatic carbocycles. The average Bonchev–Trinajstić information content (AvgIpc) is 3.16. The molecule has 0 radical (unpaired) electrons. The van der Waals surface area contributed by atoms with E-state index in [-0.39, 0.29) is 51.5 Å². The van der Waals surface area contributed by atoms with Gasteiger partial charge in [0.25, 0.3) is 0 Å². The molecule has 2 rings (SSSR count). The molecule has 2 aliphatic heterocycles. The van der Waals surface area contributed by atoms with E-state index in [1.807, 2.05) is 0 Å². The molecule has 4 amide bonds. The molecule has 0 spiro atoms. The number of aliphatic hydroxyl groups is 7. The zero-order chi connectivity index (χ0) is 42.7. The minimum atomic E-state index is -4.68. The van der Waals surface area contributed by atoms with Crippen molar-refractivity contribution >= 4 is 31.5 Å². The maximum Gasteiger partial charge on any atom is 0.472 e. The summed E-state index contributed by atoms with van der Waals surface area (Å²) in [4.78, 5) is 57.8. The van der Waals surface area contributed by atoms with E-state index in [0.717, 1.165) is 0 Å². The van der Waals surface area contributed by atoms with E-state index in [0.29, 0.717) is 25.7 Å². The second-order valence-corrected chi connectivity index (χ2v) is 15.1. The number of phosphoric ester groups is 1. The van der Waals surface area contributed by atoms with Crippen LogP contribution in [0.5, 0.6) is 0 Å². The van der Waals surface area contributed by atoms with Crippen LogP contribution in [0, 0.1) is 0 Å². The number of hydrogen-bond acceptors (Lipinski definition) is 18. The zero-order valence-corrected chi connectivity index (χ0v) is 33.2. The molecule has 332 valence electrons. The maximum absolute atomic E-state index is 12.5. The van der Waals surface area contributed by atoms with Gasteiger partial charge in [-0.2, -0.15) is 0 Å². The number of aliphatic hydroxyl groups excluding tert-OH is 7.